The Balaban J connectivity index is 1.82. The predicted octanol–water partition coefficient (Wildman–Crippen LogP) is 5.54. The van der Waals surface area contributed by atoms with Crippen molar-refractivity contribution in [2.45, 2.75) is 39.2 Å². The highest BCUT2D eigenvalue weighted by Crippen LogP contribution is 2.40. The maximum absolute atomic E-state index is 12.8. The molecule has 0 saturated carbocycles. The van der Waals surface area contributed by atoms with Gasteiger partial charge in [-0.25, -0.2) is 0 Å². The zero-order valence-corrected chi connectivity index (χ0v) is 15.0. The minimum Gasteiger partial charge on any atom is -0.488 e. The molecule has 0 aliphatic carbocycles. The zero-order chi connectivity index (χ0) is 16.9. The van der Waals surface area contributed by atoms with E-state index in [0.29, 0.717) is 0 Å². The lowest BCUT2D eigenvalue weighted by molar-refractivity contribution is 0.0850. The van der Waals surface area contributed by atoms with Crippen molar-refractivity contribution in [2.75, 3.05) is 0 Å². The summed E-state index contributed by atoms with van der Waals surface area (Å²) in [6.07, 6.45) is 2.04. The number of carbonyl (C=O) groups excluding carboxylic acids is 1. The van der Waals surface area contributed by atoms with Crippen molar-refractivity contribution >= 4 is 27.2 Å². The fraction of sp³-hybridized carbons (Fsp3) is 0.286. The summed E-state index contributed by atoms with van der Waals surface area (Å²) in [6.45, 7) is 6.31. The topological polar surface area (TPSA) is 26.3 Å². The van der Waals surface area contributed by atoms with Crippen molar-refractivity contribution in [1.29, 1.82) is 0 Å². The third-order valence-electron chi connectivity index (χ3n) is 4.74. The summed E-state index contributed by atoms with van der Waals surface area (Å²) in [5.74, 6) is 1.08. The molecular weight excluding hydrogens is 316 g/mol. The second kappa shape index (κ2) is 5.45. The molecular formula is C21H20O2S. The van der Waals surface area contributed by atoms with Gasteiger partial charge in [0.05, 0.1) is 4.88 Å². The molecule has 122 valence electrons. The van der Waals surface area contributed by atoms with Gasteiger partial charge in [0.1, 0.15) is 11.4 Å². The largest absolute Gasteiger partial charge is 0.488 e. The third-order valence-corrected chi connectivity index (χ3v) is 6.00. The van der Waals surface area contributed by atoms with E-state index in [4.69, 9.17) is 4.74 Å². The minimum absolute atomic E-state index is 0.105. The number of aryl methyl sites for hydroxylation is 2. The summed E-state index contributed by atoms with van der Waals surface area (Å²) >= 11 is 1.57. The lowest BCUT2D eigenvalue weighted by Crippen LogP contribution is -2.32. The second-order valence-corrected chi connectivity index (χ2v) is 8.12. The van der Waals surface area contributed by atoms with Crippen LogP contribution >= 0.6 is 11.3 Å². The van der Waals surface area contributed by atoms with Gasteiger partial charge in [0.15, 0.2) is 0 Å². The highest BCUT2D eigenvalue weighted by atomic mass is 32.1. The molecule has 0 saturated heterocycles. The van der Waals surface area contributed by atoms with Crippen LogP contribution in [0.15, 0.2) is 42.5 Å². The second-order valence-electron chi connectivity index (χ2n) is 7.07. The summed E-state index contributed by atoms with van der Waals surface area (Å²) in [4.78, 5) is 13.7. The smallest absolute Gasteiger partial charge is 0.203 e. The molecule has 0 spiro atoms. The summed E-state index contributed by atoms with van der Waals surface area (Å²) in [5.41, 5.74) is 2.96. The molecule has 0 bridgehead atoms. The lowest BCUT2D eigenvalue weighted by atomic mass is 9.93. The fourth-order valence-corrected chi connectivity index (χ4v) is 4.49. The maximum atomic E-state index is 12.8. The van der Waals surface area contributed by atoms with Gasteiger partial charge in [-0.15, -0.1) is 11.3 Å². The first-order chi connectivity index (χ1) is 11.4. The van der Waals surface area contributed by atoms with Crippen molar-refractivity contribution in [3.63, 3.8) is 0 Å². The van der Waals surface area contributed by atoms with Crippen LogP contribution in [0.3, 0.4) is 0 Å². The highest BCUT2D eigenvalue weighted by molar-refractivity contribution is 7.21. The number of fused-ring (bicyclic) bond motifs is 2. The van der Waals surface area contributed by atoms with Crippen molar-refractivity contribution < 1.29 is 9.53 Å². The first-order valence-electron chi connectivity index (χ1n) is 8.29. The van der Waals surface area contributed by atoms with Crippen LogP contribution < -0.4 is 4.74 Å². The number of ketones is 1. The summed E-state index contributed by atoms with van der Waals surface area (Å²) in [5, 5.41) is 1.18. The van der Waals surface area contributed by atoms with E-state index in [2.05, 4.69) is 32.9 Å². The van der Waals surface area contributed by atoms with E-state index >= 15 is 0 Å². The number of hydrogen-bond donors (Lipinski definition) is 0. The van der Waals surface area contributed by atoms with Crippen molar-refractivity contribution in [3.05, 3.63) is 64.0 Å². The average molecular weight is 336 g/mol. The van der Waals surface area contributed by atoms with Gasteiger partial charge in [0, 0.05) is 10.3 Å². The van der Waals surface area contributed by atoms with E-state index in [1.165, 1.54) is 10.9 Å². The van der Waals surface area contributed by atoms with Crippen LogP contribution in [0.4, 0.5) is 0 Å². The normalized spacial score (nSPS) is 15.8. The molecule has 0 radical (unpaired) electrons. The monoisotopic (exact) mass is 336 g/mol. The van der Waals surface area contributed by atoms with Crippen LogP contribution in [0, 0.1) is 6.92 Å². The van der Waals surface area contributed by atoms with Crippen LogP contribution in [-0.2, 0) is 6.42 Å². The van der Waals surface area contributed by atoms with Crippen molar-refractivity contribution in [1.82, 2.24) is 0 Å². The van der Waals surface area contributed by atoms with Gasteiger partial charge in [0.25, 0.3) is 0 Å². The third kappa shape index (κ3) is 2.53. The van der Waals surface area contributed by atoms with E-state index < -0.39 is 0 Å². The van der Waals surface area contributed by atoms with Crippen LogP contribution in [0.25, 0.3) is 10.1 Å². The summed E-state index contributed by atoms with van der Waals surface area (Å²) in [6, 6.07) is 13.8. The SMILES string of the molecule is Cc1c(C(=O)c2ccccc2)sc2cc3c(cc12)CCC(C)(C)O3. The van der Waals surface area contributed by atoms with E-state index in [-0.39, 0.29) is 11.4 Å². The van der Waals surface area contributed by atoms with Crippen molar-refractivity contribution in [2.24, 2.45) is 0 Å². The van der Waals surface area contributed by atoms with Crippen LogP contribution in [-0.4, -0.2) is 11.4 Å². The molecule has 0 amide bonds. The highest BCUT2D eigenvalue weighted by Gasteiger charge is 2.28. The Morgan fingerprint density at radius 3 is 2.67 bits per heavy atom. The number of carbonyl (C=O) groups is 1. The number of thiophene rings is 1. The molecule has 2 nitrogen and oxygen atoms in total. The molecule has 0 unspecified atom stereocenters. The Hall–Kier alpha value is -2.13. The van der Waals surface area contributed by atoms with Crippen LogP contribution in [0.1, 0.15) is 46.6 Å². The predicted molar refractivity (Wildman–Crippen MR) is 99.5 cm³/mol. The van der Waals surface area contributed by atoms with Gasteiger partial charge in [-0.2, -0.15) is 0 Å². The quantitative estimate of drug-likeness (QED) is 0.574. The molecule has 24 heavy (non-hydrogen) atoms. The Morgan fingerprint density at radius 1 is 1.17 bits per heavy atom. The van der Waals surface area contributed by atoms with E-state index in [0.717, 1.165) is 39.3 Å². The van der Waals surface area contributed by atoms with E-state index in [1.54, 1.807) is 11.3 Å². The van der Waals surface area contributed by atoms with Gasteiger partial charge in [0.2, 0.25) is 5.78 Å². The van der Waals surface area contributed by atoms with E-state index in [9.17, 15) is 4.79 Å². The Morgan fingerprint density at radius 2 is 1.92 bits per heavy atom. The Bertz CT molecular complexity index is 935. The maximum Gasteiger partial charge on any atom is 0.203 e. The number of benzene rings is 2. The molecule has 0 fully saturated rings. The first-order valence-corrected chi connectivity index (χ1v) is 9.11. The summed E-state index contributed by atoms with van der Waals surface area (Å²) < 4.78 is 7.27. The molecule has 1 aliphatic rings. The molecule has 0 N–H and O–H groups in total. The fourth-order valence-electron chi connectivity index (χ4n) is 3.30. The van der Waals surface area contributed by atoms with E-state index in [1.807, 2.05) is 30.3 Å². The molecule has 1 aliphatic heterocycles. The van der Waals surface area contributed by atoms with Gasteiger partial charge in [-0.1, -0.05) is 30.3 Å². The summed E-state index contributed by atoms with van der Waals surface area (Å²) in [7, 11) is 0. The number of ether oxygens (including phenoxy) is 1. The van der Waals surface area contributed by atoms with Gasteiger partial charge < -0.3 is 4.74 Å². The van der Waals surface area contributed by atoms with Crippen molar-refractivity contribution in [3.8, 4) is 5.75 Å². The number of hydrogen-bond acceptors (Lipinski definition) is 3. The molecule has 1 aromatic heterocycles. The molecule has 3 aromatic rings. The minimum atomic E-state index is -0.115. The standard InChI is InChI=1S/C21H20O2S/c1-13-16-11-15-9-10-21(2,3)23-17(15)12-18(16)24-20(13)19(22)14-7-5-4-6-8-14/h4-8,11-12H,9-10H2,1-3H3. The van der Waals surface area contributed by atoms with Gasteiger partial charge in [-0.3, -0.25) is 4.79 Å². The van der Waals surface area contributed by atoms with Gasteiger partial charge in [-0.05, 0) is 62.3 Å². The molecule has 2 heterocycles. The lowest BCUT2D eigenvalue weighted by Gasteiger charge is -2.32. The Labute approximate surface area is 146 Å². The average Bonchev–Trinajstić information content (AvgIpc) is 2.88. The molecule has 2 aromatic carbocycles. The zero-order valence-electron chi connectivity index (χ0n) is 14.2. The molecule has 4 rings (SSSR count). The Kier molecular flexibility index (Phi) is 3.50. The van der Waals surface area contributed by atoms with Crippen LogP contribution in [0.2, 0.25) is 0 Å². The first kappa shape index (κ1) is 15.4. The molecule has 3 heteroatoms. The number of rotatable bonds is 2. The van der Waals surface area contributed by atoms with Crippen LogP contribution in [0.5, 0.6) is 5.75 Å². The molecule has 0 atom stereocenters. The van der Waals surface area contributed by atoms with Gasteiger partial charge >= 0.3 is 0 Å².